The number of hydrogen-bond donors (Lipinski definition) is 2. The molecule has 9 heteroatoms. The maximum Gasteiger partial charge on any atom is 0.257 e. The van der Waals surface area contributed by atoms with Crippen LogP contribution in [0.4, 0.5) is 10.2 Å². The predicted molar refractivity (Wildman–Crippen MR) is 128 cm³/mol. The van der Waals surface area contributed by atoms with E-state index in [0.717, 1.165) is 5.56 Å². The largest absolute Gasteiger partial charge is 0.384 e. The van der Waals surface area contributed by atoms with Gasteiger partial charge < -0.3 is 11.1 Å². The smallest absolute Gasteiger partial charge is 0.257 e. The van der Waals surface area contributed by atoms with Gasteiger partial charge in [-0.25, -0.2) is 14.4 Å². The zero-order valence-electron chi connectivity index (χ0n) is 17.0. The lowest BCUT2D eigenvalue weighted by atomic mass is 10.2. The number of amides is 1. The number of aromatic nitrogens is 3. The third-order valence-electron chi connectivity index (χ3n) is 5.28. The molecule has 0 atom stereocenters. The van der Waals surface area contributed by atoms with Crippen LogP contribution in [0.25, 0.3) is 27.9 Å². The van der Waals surface area contributed by atoms with Crippen LogP contribution in [-0.4, -0.2) is 20.4 Å². The lowest BCUT2D eigenvalue weighted by molar-refractivity contribution is 0.0953. The summed E-state index contributed by atoms with van der Waals surface area (Å²) >= 11 is 12.2. The van der Waals surface area contributed by atoms with Gasteiger partial charge in [-0.05, 0) is 42.0 Å². The van der Waals surface area contributed by atoms with Crippen molar-refractivity contribution < 1.29 is 9.18 Å². The summed E-state index contributed by atoms with van der Waals surface area (Å²) in [6.45, 7) is 0.202. The Labute approximate surface area is 197 Å². The van der Waals surface area contributed by atoms with E-state index in [9.17, 15) is 9.18 Å². The van der Waals surface area contributed by atoms with E-state index in [-0.39, 0.29) is 22.9 Å². The van der Waals surface area contributed by atoms with Crippen LogP contribution in [0.1, 0.15) is 15.9 Å². The summed E-state index contributed by atoms with van der Waals surface area (Å²) in [5.74, 6) is -0.890. The molecule has 33 heavy (non-hydrogen) atoms. The first-order chi connectivity index (χ1) is 15.9. The molecule has 0 unspecified atom stereocenters. The summed E-state index contributed by atoms with van der Waals surface area (Å²) < 4.78 is 15.3. The minimum Gasteiger partial charge on any atom is -0.384 e. The topological polar surface area (TPSA) is 85.8 Å². The fraction of sp³-hybridized carbons (Fsp3) is 0.0417. The number of halogens is 3. The Hall–Kier alpha value is -3.68. The number of rotatable bonds is 4. The average molecular weight is 480 g/mol. The van der Waals surface area contributed by atoms with Crippen molar-refractivity contribution in [2.45, 2.75) is 6.54 Å². The highest BCUT2D eigenvalue weighted by molar-refractivity contribution is 6.31. The molecule has 0 aliphatic heterocycles. The van der Waals surface area contributed by atoms with Crippen LogP contribution in [0, 0.1) is 5.82 Å². The van der Waals surface area contributed by atoms with Gasteiger partial charge in [0.2, 0.25) is 0 Å². The molecule has 5 aromatic rings. The number of anilines is 1. The number of benzene rings is 3. The molecular formula is C24H16Cl2FN5O. The van der Waals surface area contributed by atoms with Gasteiger partial charge in [0.15, 0.2) is 5.65 Å². The molecule has 2 heterocycles. The number of hydrogen-bond acceptors (Lipinski definition) is 4. The maximum atomic E-state index is 13.8. The van der Waals surface area contributed by atoms with E-state index < -0.39 is 11.7 Å². The van der Waals surface area contributed by atoms with Crippen molar-refractivity contribution in [3.63, 3.8) is 0 Å². The Bertz CT molecular complexity index is 1550. The van der Waals surface area contributed by atoms with Gasteiger partial charge >= 0.3 is 0 Å². The van der Waals surface area contributed by atoms with Gasteiger partial charge in [0.05, 0.1) is 21.7 Å². The first-order valence-corrected chi connectivity index (χ1v) is 10.7. The molecule has 0 bridgehead atoms. The summed E-state index contributed by atoms with van der Waals surface area (Å²) in [5, 5.41) is 3.32. The molecule has 0 aliphatic carbocycles. The lowest BCUT2D eigenvalue weighted by Crippen LogP contribution is -2.24. The average Bonchev–Trinajstić information content (AvgIpc) is 3.09. The summed E-state index contributed by atoms with van der Waals surface area (Å²) in [7, 11) is 0. The minimum atomic E-state index is -0.565. The fourth-order valence-corrected chi connectivity index (χ4v) is 4.05. The molecule has 0 radical (unpaired) electrons. The van der Waals surface area contributed by atoms with Crippen molar-refractivity contribution in [2.75, 3.05) is 5.73 Å². The van der Waals surface area contributed by atoms with E-state index in [4.69, 9.17) is 28.9 Å². The van der Waals surface area contributed by atoms with Crippen LogP contribution in [0.3, 0.4) is 0 Å². The van der Waals surface area contributed by atoms with Gasteiger partial charge in [-0.1, -0.05) is 53.5 Å². The normalized spacial score (nSPS) is 11.2. The first-order valence-electron chi connectivity index (χ1n) is 9.97. The molecule has 164 valence electrons. The molecular weight excluding hydrogens is 464 g/mol. The van der Waals surface area contributed by atoms with E-state index in [1.165, 1.54) is 18.2 Å². The number of para-hydroxylation sites is 2. The van der Waals surface area contributed by atoms with Crippen LogP contribution in [0.5, 0.6) is 0 Å². The van der Waals surface area contributed by atoms with Gasteiger partial charge in [-0.3, -0.25) is 9.36 Å². The molecule has 0 fully saturated rings. The van der Waals surface area contributed by atoms with E-state index in [0.29, 0.717) is 32.9 Å². The maximum absolute atomic E-state index is 13.8. The molecule has 1 amide bonds. The number of nitrogen functional groups attached to an aromatic ring is 1. The van der Waals surface area contributed by atoms with E-state index in [2.05, 4.69) is 15.3 Å². The molecule has 0 aliphatic rings. The highest BCUT2D eigenvalue weighted by Crippen LogP contribution is 2.32. The fourth-order valence-electron chi connectivity index (χ4n) is 3.68. The number of carbonyl (C=O) groups excluding carboxylic acids is 1. The van der Waals surface area contributed by atoms with E-state index >= 15 is 0 Å². The summed E-state index contributed by atoms with van der Waals surface area (Å²) in [6, 6.07) is 18.7. The quantitative estimate of drug-likeness (QED) is 0.354. The second kappa shape index (κ2) is 8.35. The van der Waals surface area contributed by atoms with Crippen molar-refractivity contribution in [1.29, 1.82) is 0 Å². The second-order valence-corrected chi connectivity index (χ2v) is 8.17. The predicted octanol–water partition coefficient (Wildman–Crippen LogP) is 5.53. The summed E-state index contributed by atoms with van der Waals surface area (Å²) in [6.07, 6.45) is 0. The van der Waals surface area contributed by atoms with Gasteiger partial charge in [0, 0.05) is 11.6 Å². The van der Waals surface area contributed by atoms with E-state index in [1.54, 1.807) is 16.7 Å². The summed E-state index contributed by atoms with van der Waals surface area (Å²) in [4.78, 5) is 22.6. The Kier molecular flexibility index (Phi) is 5.36. The van der Waals surface area contributed by atoms with Crippen LogP contribution in [-0.2, 0) is 6.54 Å². The summed E-state index contributed by atoms with van der Waals surface area (Å²) in [5.41, 5.74) is 9.75. The standard InChI is InChI=1S/C24H16Cl2FN5O/c25-15-6-2-1-5-13(15)12-29-24(33)20-21-23(31-19-8-4-3-7-18(19)30-21)32(22(20)28)14-9-10-17(27)16(26)11-14/h1-11H,12,28H2,(H,29,33). The highest BCUT2D eigenvalue weighted by Gasteiger charge is 2.25. The first kappa shape index (κ1) is 21.2. The van der Waals surface area contributed by atoms with Gasteiger partial charge in [0.1, 0.15) is 22.7 Å². The monoisotopic (exact) mass is 479 g/mol. The van der Waals surface area contributed by atoms with Crippen molar-refractivity contribution in [2.24, 2.45) is 0 Å². The molecule has 5 rings (SSSR count). The Morgan fingerprint density at radius 2 is 1.67 bits per heavy atom. The number of nitrogens with one attached hydrogen (secondary N) is 1. The van der Waals surface area contributed by atoms with E-state index in [1.807, 2.05) is 36.4 Å². The molecule has 0 spiro atoms. The number of carbonyl (C=O) groups is 1. The number of nitrogens with zero attached hydrogens (tertiary/aromatic N) is 3. The molecule has 3 N–H and O–H groups in total. The van der Waals surface area contributed by atoms with Crippen molar-refractivity contribution in [3.05, 3.63) is 93.7 Å². The van der Waals surface area contributed by atoms with Crippen molar-refractivity contribution >= 4 is 57.1 Å². The highest BCUT2D eigenvalue weighted by atomic mass is 35.5. The Morgan fingerprint density at radius 1 is 0.970 bits per heavy atom. The zero-order chi connectivity index (χ0) is 23.1. The Balaban J connectivity index is 1.68. The second-order valence-electron chi connectivity index (χ2n) is 7.35. The molecule has 2 aromatic heterocycles. The Morgan fingerprint density at radius 3 is 2.39 bits per heavy atom. The molecule has 0 saturated heterocycles. The third kappa shape index (κ3) is 3.75. The van der Waals surface area contributed by atoms with Crippen LogP contribution in [0.15, 0.2) is 66.7 Å². The number of fused-ring (bicyclic) bond motifs is 2. The molecule has 3 aromatic carbocycles. The van der Waals surface area contributed by atoms with Crippen LogP contribution < -0.4 is 11.1 Å². The number of nitrogens with two attached hydrogens (primary N) is 1. The minimum absolute atomic E-state index is 0.0766. The zero-order valence-corrected chi connectivity index (χ0v) is 18.5. The SMILES string of the molecule is Nc1c(C(=O)NCc2ccccc2Cl)c2nc3ccccc3nc2n1-c1ccc(F)c(Cl)c1. The third-order valence-corrected chi connectivity index (χ3v) is 5.94. The lowest BCUT2D eigenvalue weighted by Gasteiger charge is -2.09. The van der Waals surface area contributed by atoms with Gasteiger partial charge in [-0.15, -0.1) is 0 Å². The van der Waals surface area contributed by atoms with Crippen LogP contribution >= 0.6 is 23.2 Å². The van der Waals surface area contributed by atoms with Gasteiger partial charge in [-0.2, -0.15) is 0 Å². The van der Waals surface area contributed by atoms with Crippen LogP contribution in [0.2, 0.25) is 10.0 Å². The van der Waals surface area contributed by atoms with Crippen molar-refractivity contribution in [1.82, 2.24) is 19.9 Å². The van der Waals surface area contributed by atoms with Gasteiger partial charge in [0.25, 0.3) is 5.91 Å². The van der Waals surface area contributed by atoms with Crippen molar-refractivity contribution in [3.8, 4) is 5.69 Å². The molecule has 0 saturated carbocycles. The molecule has 6 nitrogen and oxygen atoms in total.